The fourth-order valence-electron chi connectivity index (χ4n) is 3.33. The van der Waals surface area contributed by atoms with Crippen molar-refractivity contribution < 1.29 is 14.3 Å². The van der Waals surface area contributed by atoms with Crippen molar-refractivity contribution in [3.8, 4) is 5.75 Å². The van der Waals surface area contributed by atoms with E-state index < -0.39 is 0 Å². The van der Waals surface area contributed by atoms with Crippen molar-refractivity contribution in [1.82, 2.24) is 4.90 Å². The topological polar surface area (TPSA) is 58.6 Å². The minimum absolute atomic E-state index is 0.0228. The zero-order chi connectivity index (χ0) is 20.1. The summed E-state index contributed by atoms with van der Waals surface area (Å²) in [4.78, 5) is 26.9. The number of likely N-dealkylation sites (tertiary alicyclic amines) is 1. The Balaban J connectivity index is 1.58. The van der Waals surface area contributed by atoms with E-state index >= 15 is 0 Å². The van der Waals surface area contributed by atoms with Crippen LogP contribution in [-0.2, 0) is 4.79 Å². The van der Waals surface area contributed by atoms with E-state index in [0.717, 1.165) is 37.1 Å². The number of nitrogens with zero attached hydrogens (tertiary/aromatic N) is 1. The molecule has 2 aromatic carbocycles. The number of ether oxygens (including phenoxy) is 1. The van der Waals surface area contributed by atoms with Crippen LogP contribution in [0.1, 0.15) is 41.3 Å². The maximum Gasteiger partial charge on any atom is 0.262 e. The van der Waals surface area contributed by atoms with E-state index in [1.54, 1.807) is 24.3 Å². The molecule has 1 saturated heterocycles. The summed E-state index contributed by atoms with van der Waals surface area (Å²) in [5.41, 5.74) is 3.27. The monoisotopic (exact) mass is 380 g/mol. The van der Waals surface area contributed by atoms with Gasteiger partial charge in [0.2, 0.25) is 0 Å². The van der Waals surface area contributed by atoms with E-state index in [1.165, 1.54) is 0 Å². The van der Waals surface area contributed by atoms with Crippen LogP contribution in [0.15, 0.2) is 42.5 Å². The second kappa shape index (κ2) is 8.91. The summed E-state index contributed by atoms with van der Waals surface area (Å²) in [6, 6.07) is 13.0. The molecule has 3 rings (SSSR count). The Hall–Kier alpha value is -2.82. The van der Waals surface area contributed by atoms with Gasteiger partial charge in [-0.1, -0.05) is 25.1 Å². The van der Waals surface area contributed by atoms with Gasteiger partial charge in [0.05, 0.1) is 0 Å². The maximum atomic E-state index is 12.7. The second-order valence-corrected chi connectivity index (χ2v) is 7.66. The molecule has 2 aromatic rings. The van der Waals surface area contributed by atoms with Crippen molar-refractivity contribution in [2.75, 3.05) is 25.0 Å². The summed E-state index contributed by atoms with van der Waals surface area (Å²) < 4.78 is 5.65. The normalized spacial score (nSPS) is 14.6. The van der Waals surface area contributed by atoms with Gasteiger partial charge in [0.15, 0.2) is 6.61 Å². The van der Waals surface area contributed by atoms with Crippen LogP contribution in [-0.4, -0.2) is 36.4 Å². The number of nitrogens with one attached hydrogen (secondary N) is 1. The quantitative estimate of drug-likeness (QED) is 0.846. The standard InChI is InChI=1S/C23H28N2O3/c1-16-9-11-25(12-10-16)23(27)19-5-4-6-20(14-19)24-22(26)15-28-21-13-17(2)7-8-18(21)3/h4-8,13-14,16H,9-12,15H2,1-3H3,(H,24,26). The minimum Gasteiger partial charge on any atom is -0.483 e. The molecule has 0 bridgehead atoms. The van der Waals surface area contributed by atoms with Crippen LogP contribution in [0, 0.1) is 19.8 Å². The molecule has 0 radical (unpaired) electrons. The Kier molecular flexibility index (Phi) is 6.34. The lowest BCUT2D eigenvalue weighted by Gasteiger charge is -2.30. The Morgan fingerprint density at radius 1 is 1.11 bits per heavy atom. The van der Waals surface area contributed by atoms with Crippen LogP contribution < -0.4 is 10.1 Å². The van der Waals surface area contributed by atoms with Gasteiger partial charge in [-0.15, -0.1) is 0 Å². The Morgan fingerprint density at radius 2 is 1.86 bits per heavy atom. The second-order valence-electron chi connectivity index (χ2n) is 7.66. The van der Waals surface area contributed by atoms with Gasteiger partial charge in [-0.2, -0.15) is 0 Å². The fraction of sp³-hybridized carbons (Fsp3) is 0.391. The summed E-state index contributed by atoms with van der Waals surface area (Å²) in [5.74, 6) is 1.15. The molecule has 1 aliphatic heterocycles. The molecule has 1 aliphatic rings. The van der Waals surface area contributed by atoms with Gasteiger partial charge in [-0.05, 0) is 68.0 Å². The van der Waals surface area contributed by atoms with Crippen molar-refractivity contribution in [3.05, 3.63) is 59.2 Å². The molecule has 5 heteroatoms. The van der Waals surface area contributed by atoms with E-state index in [9.17, 15) is 9.59 Å². The predicted octanol–water partition coefficient (Wildman–Crippen LogP) is 4.19. The lowest BCUT2D eigenvalue weighted by molar-refractivity contribution is -0.118. The van der Waals surface area contributed by atoms with Crippen molar-refractivity contribution in [3.63, 3.8) is 0 Å². The van der Waals surface area contributed by atoms with E-state index in [0.29, 0.717) is 22.9 Å². The van der Waals surface area contributed by atoms with Gasteiger partial charge in [0.1, 0.15) is 5.75 Å². The average molecular weight is 380 g/mol. The summed E-state index contributed by atoms with van der Waals surface area (Å²) in [7, 11) is 0. The zero-order valence-electron chi connectivity index (χ0n) is 16.8. The van der Waals surface area contributed by atoms with Crippen LogP contribution in [0.2, 0.25) is 0 Å². The molecule has 1 heterocycles. The molecular formula is C23H28N2O3. The minimum atomic E-state index is -0.252. The number of hydrogen-bond acceptors (Lipinski definition) is 3. The lowest BCUT2D eigenvalue weighted by Crippen LogP contribution is -2.37. The first-order chi connectivity index (χ1) is 13.4. The summed E-state index contributed by atoms with van der Waals surface area (Å²) >= 11 is 0. The molecule has 5 nitrogen and oxygen atoms in total. The molecule has 28 heavy (non-hydrogen) atoms. The summed E-state index contributed by atoms with van der Waals surface area (Å²) in [5, 5.41) is 2.82. The van der Waals surface area contributed by atoms with E-state index in [2.05, 4.69) is 12.2 Å². The Labute approximate surface area is 166 Å². The number of carbonyl (C=O) groups excluding carboxylic acids is 2. The summed E-state index contributed by atoms with van der Waals surface area (Å²) in [6.45, 7) is 7.66. The molecule has 0 aliphatic carbocycles. The van der Waals surface area contributed by atoms with Crippen LogP contribution in [0.25, 0.3) is 0 Å². The number of aryl methyl sites for hydroxylation is 2. The smallest absolute Gasteiger partial charge is 0.262 e. The number of anilines is 1. The molecule has 0 spiro atoms. The molecule has 0 unspecified atom stereocenters. The van der Waals surface area contributed by atoms with Gasteiger partial charge < -0.3 is 15.0 Å². The third-order valence-electron chi connectivity index (χ3n) is 5.17. The first-order valence-corrected chi connectivity index (χ1v) is 9.81. The third-order valence-corrected chi connectivity index (χ3v) is 5.17. The molecule has 2 amide bonds. The van der Waals surface area contributed by atoms with Gasteiger partial charge in [0, 0.05) is 24.3 Å². The predicted molar refractivity (Wildman–Crippen MR) is 111 cm³/mol. The molecule has 1 N–H and O–H groups in total. The van der Waals surface area contributed by atoms with Gasteiger partial charge in [-0.3, -0.25) is 9.59 Å². The van der Waals surface area contributed by atoms with Crippen LogP contribution >= 0.6 is 0 Å². The van der Waals surface area contributed by atoms with Crippen molar-refractivity contribution >= 4 is 17.5 Å². The lowest BCUT2D eigenvalue weighted by atomic mass is 9.98. The number of carbonyl (C=O) groups is 2. The number of piperidine rings is 1. The van der Waals surface area contributed by atoms with Gasteiger partial charge in [0.25, 0.3) is 11.8 Å². The molecular weight excluding hydrogens is 352 g/mol. The number of benzene rings is 2. The molecule has 0 atom stereocenters. The highest BCUT2D eigenvalue weighted by atomic mass is 16.5. The molecule has 0 saturated carbocycles. The Bertz CT molecular complexity index is 855. The van der Waals surface area contributed by atoms with Gasteiger partial charge >= 0.3 is 0 Å². The van der Waals surface area contributed by atoms with Gasteiger partial charge in [-0.25, -0.2) is 0 Å². The number of amides is 2. The molecule has 1 fully saturated rings. The highest BCUT2D eigenvalue weighted by Gasteiger charge is 2.21. The highest BCUT2D eigenvalue weighted by molar-refractivity contribution is 5.97. The van der Waals surface area contributed by atoms with Crippen molar-refractivity contribution in [1.29, 1.82) is 0 Å². The SMILES string of the molecule is Cc1ccc(C)c(OCC(=O)Nc2cccc(C(=O)N3CCC(C)CC3)c2)c1. The maximum absolute atomic E-state index is 12.7. The first kappa shape index (κ1) is 19.9. The number of hydrogen-bond donors (Lipinski definition) is 1. The zero-order valence-corrected chi connectivity index (χ0v) is 16.8. The molecule has 0 aromatic heterocycles. The Morgan fingerprint density at radius 3 is 2.61 bits per heavy atom. The van der Waals surface area contributed by atoms with Crippen LogP contribution in [0.3, 0.4) is 0 Å². The van der Waals surface area contributed by atoms with Crippen molar-refractivity contribution in [2.24, 2.45) is 5.92 Å². The van der Waals surface area contributed by atoms with Crippen LogP contribution in [0.5, 0.6) is 5.75 Å². The van der Waals surface area contributed by atoms with E-state index in [-0.39, 0.29) is 18.4 Å². The van der Waals surface area contributed by atoms with Crippen molar-refractivity contribution in [2.45, 2.75) is 33.6 Å². The fourth-order valence-corrected chi connectivity index (χ4v) is 3.33. The largest absolute Gasteiger partial charge is 0.483 e. The van der Waals surface area contributed by atoms with E-state index in [4.69, 9.17) is 4.74 Å². The average Bonchev–Trinajstić information content (AvgIpc) is 2.69. The third kappa shape index (κ3) is 5.12. The highest BCUT2D eigenvalue weighted by Crippen LogP contribution is 2.21. The number of rotatable bonds is 5. The molecule has 148 valence electrons. The van der Waals surface area contributed by atoms with E-state index in [1.807, 2.05) is 36.9 Å². The summed E-state index contributed by atoms with van der Waals surface area (Å²) in [6.07, 6.45) is 2.08. The first-order valence-electron chi connectivity index (χ1n) is 9.81. The van der Waals surface area contributed by atoms with Crippen LogP contribution in [0.4, 0.5) is 5.69 Å².